The zero-order valence-corrected chi connectivity index (χ0v) is 11.2. The van der Waals surface area contributed by atoms with Gasteiger partial charge in [0.1, 0.15) is 0 Å². The van der Waals surface area contributed by atoms with E-state index in [2.05, 4.69) is 12.2 Å². The van der Waals surface area contributed by atoms with Gasteiger partial charge in [-0.05, 0) is 30.0 Å². The molecule has 0 aromatic heterocycles. The maximum Gasteiger partial charge on any atom is 0.175 e. The first-order valence-electron chi connectivity index (χ1n) is 5.16. The Labute approximate surface area is 102 Å². The summed E-state index contributed by atoms with van der Waals surface area (Å²) in [4.78, 5) is 0.362. The Morgan fingerprint density at radius 3 is 2.38 bits per heavy atom. The quantitative estimate of drug-likeness (QED) is 0.796. The lowest BCUT2D eigenvalue weighted by molar-refractivity contribution is 0.602. The van der Waals surface area contributed by atoms with E-state index >= 15 is 0 Å². The Morgan fingerprint density at radius 2 is 1.88 bits per heavy atom. The van der Waals surface area contributed by atoms with Crippen molar-refractivity contribution < 1.29 is 8.42 Å². The van der Waals surface area contributed by atoms with Crippen molar-refractivity contribution >= 4 is 27.3 Å². The molecule has 0 saturated heterocycles. The van der Waals surface area contributed by atoms with Gasteiger partial charge in [0, 0.05) is 24.2 Å². The van der Waals surface area contributed by atoms with Gasteiger partial charge in [-0.25, -0.2) is 8.42 Å². The van der Waals surface area contributed by atoms with Crippen LogP contribution in [0.25, 0.3) is 0 Å². The molecule has 90 valence electrons. The normalized spacial score (nSPS) is 11.4. The lowest BCUT2D eigenvalue weighted by Gasteiger charge is -2.06. The van der Waals surface area contributed by atoms with Crippen LogP contribution in [0.15, 0.2) is 29.2 Å². The zero-order chi connectivity index (χ0) is 12.0. The van der Waals surface area contributed by atoms with E-state index in [1.54, 1.807) is 24.3 Å². The van der Waals surface area contributed by atoms with Gasteiger partial charge >= 0.3 is 0 Å². The zero-order valence-electron chi connectivity index (χ0n) is 9.56. The minimum atomic E-state index is -3.08. The monoisotopic (exact) mass is 259 g/mol. The molecule has 1 aromatic rings. The van der Waals surface area contributed by atoms with Crippen molar-refractivity contribution in [3.8, 4) is 0 Å². The van der Waals surface area contributed by atoms with E-state index in [0.717, 1.165) is 23.7 Å². The molecule has 0 atom stereocenters. The Hall–Kier alpha value is -0.680. The topological polar surface area (TPSA) is 46.2 Å². The maximum absolute atomic E-state index is 11.2. The van der Waals surface area contributed by atoms with E-state index in [4.69, 9.17) is 0 Å². The molecular weight excluding hydrogens is 242 g/mol. The van der Waals surface area contributed by atoms with Gasteiger partial charge in [0.25, 0.3) is 0 Å². The van der Waals surface area contributed by atoms with Crippen molar-refractivity contribution in [2.75, 3.05) is 29.6 Å². The van der Waals surface area contributed by atoms with Gasteiger partial charge < -0.3 is 5.32 Å². The van der Waals surface area contributed by atoms with Crippen molar-refractivity contribution in [2.24, 2.45) is 0 Å². The van der Waals surface area contributed by atoms with Gasteiger partial charge in [-0.3, -0.25) is 0 Å². The summed E-state index contributed by atoms with van der Waals surface area (Å²) in [5.41, 5.74) is 0.962. The van der Waals surface area contributed by atoms with Crippen LogP contribution >= 0.6 is 11.8 Å². The van der Waals surface area contributed by atoms with Crippen molar-refractivity contribution in [3.63, 3.8) is 0 Å². The lowest BCUT2D eigenvalue weighted by atomic mass is 10.3. The standard InChI is InChI=1S/C11H17NO2S2/c1-3-15-9-8-12-10-4-6-11(7-5-10)16(2,13)14/h4-7,12H,3,8-9H2,1-2H3. The lowest BCUT2D eigenvalue weighted by Crippen LogP contribution is -2.04. The van der Waals surface area contributed by atoms with Crippen LogP contribution < -0.4 is 5.32 Å². The number of hydrogen-bond donors (Lipinski definition) is 1. The van der Waals surface area contributed by atoms with E-state index < -0.39 is 9.84 Å². The van der Waals surface area contributed by atoms with Crippen LogP contribution in [0.2, 0.25) is 0 Å². The highest BCUT2D eigenvalue weighted by Gasteiger charge is 2.05. The highest BCUT2D eigenvalue weighted by atomic mass is 32.2. The summed E-state index contributed by atoms with van der Waals surface area (Å²) in [5.74, 6) is 2.18. The number of benzene rings is 1. The smallest absolute Gasteiger partial charge is 0.175 e. The molecule has 3 nitrogen and oxygen atoms in total. The van der Waals surface area contributed by atoms with Gasteiger partial charge in [-0.1, -0.05) is 6.92 Å². The average Bonchev–Trinajstić information content (AvgIpc) is 2.24. The Bertz CT molecular complexity index is 412. The van der Waals surface area contributed by atoms with Crippen LogP contribution in [-0.2, 0) is 9.84 Å². The molecule has 1 rings (SSSR count). The van der Waals surface area contributed by atoms with Crippen LogP contribution in [0, 0.1) is 0 Å². The fraction of sp³-hybridized carbons (Fsp3) is 0.455. The van der Waals surface area contributed by atoms with Gasteiger partial charge in [-0.15, -0.1) is 0 Å². The number of anilines is 1. The number of nitrogens with one attached hydrogen (secondary N) is 1. The van der Waals surface area contributed by atoms with E-state index in [-0.39, 0.29) is 0 Å². The van der Waals surface area contributed by atoms with E-state index in [1.165, 1.54) is 6.26 Å². The molecule has 1 aromatic carbocycles. The molecule has 0 spiro atoms. The summed E-state index contributed by atoms with van der Waals surface area (Å²) in [6.07, 6.45) is 1.22. The molecule has 0 aliphatic rings. The third-order valence-corrected chi connectivity index (χ3v) is 4.09. The number of thioether (sulfide) groups is 1. The first-order valence-corrected chi connectivity index (χ1v) is 8.20. The third kappa shape index (κ3) is 4.45. The summed E-state index contributed by atoms with van der Waals surface area (Å²) < 4.78 is 22.4. The summed E-state index contributed by atoms with van der Waals surface area (Å²) in [6.45, 7) is 3.03. The van der Waals surface area contributed by atoms with E-state index in [0.29, 0.717) is 4.90 Å². The van der Waals surface area contributed by atoms with Crippen LogP contribution in [0.3, 0.4) is 0 Å². The molecular formula is C11H17NO2S2. The predicted octanol–water partition coefficient (Wildman–Crippen LogP) is 2.26. The average molecular weight is 259 g/mol. The van der Waals surface area contributed by atoms with Crippen molar-refractivity contribution in [1.82, 2.24) is 0 Å². The molecule has 0 fully saturated rings. The maximum atomic E-state index is 11.2. The first kappa shape index (κ1) is 13.4. The van der Waals surface area contributed by atoms with Gasteiger partial charge in [0.15, 0.2) is 9.84 Å². The van der Waals surface area contributed by atoms with Crippen LogP contribution in [0.4, 0.5) is 5.69 Å². The highest BCUT2D eigenvalue weighted by Crippen LogP contribution is 2.13. The number of rotatable bonds is 6. The molecule has 1 N–H and O–H groups in total. The van der Waals surface area contributed by atoms with E-state index in [9.17, 15) is 8.42 Å². The Balaban J connectivity index is 2.52. The molecule has 5 heteroatoms. The summed E-state index contributed by atoms with van der Waals surface area (Å²) >= 11 is 1.88. The molecule has 0 heterocycles. The fourth-order valence-corrected chi connectivity index (χ4v) is 2.40. The molecule has 0 bridgehead atoms. The van der Waals surface area contributed by atoms with Gasteiger partial charge in [0.2, 0.25) is 0 Å². The second-order valence-corrected chi connectivity index (χ2v) is 6.83. The molecule has 16 heavy (non-hydrogen) atoms. The van der Waals surface area contributed by atoms with Gasteiger partial charge in [0.05, 0.1) is 4.90 Å². The summed E-state index contributed by atoms with van der Waals surface area (Å²) in [7, 11) is -3.08. The van der Waals surface area contributed by atoms with E-state index in [1.807, 2.05) is 11.8 Å². The summed E-state index contributed by atoms with van der Waals surface area (Å²) in [5, 5.41) is 3.24. The van der Waals surface area contributed by atoms with Crippen molar-refractivity contribution in [2.45, 2.75) is 11.8 Å². The van der Waals surface area contributed by atoms with Crippen LogP contribution in [0.5, 0.6) is 0 Å². The second kappa shape index (κ2) is 6.15. The van der Waals surface area contributed by atoms with Gasteiger partial charge in [-0.2, -0.15) is 11.8 Å². The Morgan fingerprint density at radius 1 is 1.25 bits per heavy atom. The number of hydrogen-bond acceptors (Lipinski definition) is 4. The molecule has 0 unspecified atom stereocenters. The largest absolute Gasteiger partial charge is 0.384 e. The molecule has 0 aliphatic heterocycles. The van der Waals surface area contributed by atoms with Crippen molar-refractivity contribution in [1.29, 1.82) is 0 Å². The van der Waals surface area contributed by atoms with Crippen LogP contribution in [0.1, 0.15) is 6.92 Å². The minimum Gasteiger partial charge on any atom is -0.384 e. The first-order chi connectivity index (χ1) is 7.54. The molecule has 0 saturated carbocycles. The summed E-state index contributed by atoms with van der Waals surface area (Å²) in [6, 6.07) is 6.86. The van der Waals surface area contributed by atoms with Crippen LogP contribution in [-0.4, -0.2) is 32.7 Å². The third-order valence-electron chi connectivity index (χ3n) is 2.06. The Kier molecular flexibility index (Phi) is 5.15. The second-order valence-electron chi connectivity index (χ2n) is 3.42. The minimum absolute atomic E-state index is 0.362. The fourth-order valence-electron chi connectivity index (χ4n) is 1.23. The molecule has 0 aliphatic carbocycles. The molecule has 0 radical (unpaired) electrons. The SMILES string of the molecule is CCSCCNc1ccc(S(C)(=O)=O)cc1. The number of sulfone groups is 1. The molecule has 0 amide bonds. The predicted molar refractivity (Wildman–Crippen MR) is 71.0 cm³/mol. The van der Waals surface area contributed by atoms with Crippen molar-refractivity contribution in [3.05, 3.63) is 24.3 Å². The highest BCUT2D eigenvalue weighted by molar-refractivity contribution is 7.99.